The van der Waals surface area contributed by atoms with Crippen LogP contribution in [0.25, 0.3) is 10.2 Å². The highest BCUT2D eigenvalue weighted by Gasteiger charge is 2.40. The molecule has 0 fully saturated rings. The van der Waals surface area contributed by atoms with Crippen molar-refractivity contribution in [3.63, 3.8) is 0 Å². The molecule has 3 nitrogen and oxygen atoms in total. The molecule has 0 spiro atoms. The lowest BCUT2D eigenvalue weighted by molar-refractivity contribution is -0.152. The molecule has 3 aromatic rings. The number of nitrogens with one attached hydrogen (secondary N) is 1. The van der Waals surface area contributed by atoms with Gasteiger partial charge in [0.2, 0.25) is 5.13 Å². The first-order chi connectivity index (χ1) is 11.9. The Hall–Kier alpha value is -1.97. The molecule has 0 radical (unpaired) electrons. The molecule has 0 aliphatic rings. The van der Waals surface area contributed by atoms with Gasteiger partial charge in [-0.05, 0) is 54.6 Å². The van der Waals surface area contributed by atoms with Crippen molar-refractivity contribution < 1.29 is 17.6 Å². The molecule has 130 valence electrons. The topological polar surface area (TPSA) is 37.3 Å². The van der Waals surface area contributed by atoms with Gasteiger partial charge >= 0.3 is 6.18 Å². The number of fused-ring (bicyclic) bond motifs is 1. The minimum Gasteiger partial charge on any atom is -0.244 e. The van der Waals surface area contributed by atoms with E-state index in [0.29, 0.717) is 15.5 Å². The van der Waals surface area contributed by atoms with Crippen LogP contribution in [0.1, 0.15) is 11.6 Å². The summed E-state index contributed by atoms with van der Waals surface area (Å²) in [4.78, 5) is 8.55. The molecular formula is C16H11F4N3S2. The normalized spacial score (nSPS) is 13.1. The Morgan fingerprint density at radius 2 is 1.88 bits per heavy atom. The second kappa shape index (κ2) is 7.11. The van der Waals surface area contributed by atoms with E-state index in [9.17, 15) is 17.6 Å². The van der Waals surface area contributed by atoms with Gasteiger partial charge in [-0.15, -0.1) is 0 Å². The monoisotopic (exact) mass is 385 g/mol. The fourth-order valence-electron chi connectivity index (χ4n) is 2.13. The first-order valence-electron chi connectivity index (χ1n) is 6.98. The highest BCUT2D eigenvalue weighted by molar-refractivity contribution is 7.97. The zero-order chi connectivity index (χ0) is 18.0. The lowest BCUT2D eigenvalue weighted by atomic mass is 10.1. The zero-order valence-electron chi connectivity index (χ0n) is 12.5. The van der Waals surface area contributed by atoms with E-state index in [1.807, 2.05) is 0 Å². The largest absolute Gasteiger partial charge is 0.408 e. The minimum absolute atomic E-state index is 0.0570. The zero-order valence-corrected chi connectivity index (χ0v) is 14.2. The lowest BCUT2D eigenvalue weighted by Crippen LogP contribution is -2.30. The Kier molecular flexibility index (Phi) is 5.07. The minimum atomic E-state index is -4.51. The Balaban J connectivity index is 1.81. The van der Waals surface area contributed by atoms with Crippen molar-refractivity contribution in [2.24, 2.45) is 4.99 Å². The van der Waals surface area contributed by atoms with Crippen LogP contribution in [0.2, 0.25) is 0 Å². The van der Waals surface area contributed by atoms with Crippen molar-refractivity contribution in [3.8, 4) is 0 Å². The Morgan fingerprint density at radius 3 is 2.52 bits per heavy atom. The van der Waals surface area contributed by atoms with Crippen LogP contribution >= 0.6 is 23.3 Å². The standard InChI is InChI=1S/C16H11F4N3S2/c1-21-15-22-12-7-6-11(8-13(12)24-15)25-23-14(16(18,19)20)9-2-4-10(17)5-3-9/h2-8,14,23H,1H2. The van der Waals surface area contributed by atoms with E-state index in [0.717, 1.165) is 40.9 Å². The molecule has 1 atom stereocenters. The maximum absolute atomic E-state index is 13.3. The third-order valence-corrected chi connectivity index (χ3v) is 5.10. The Bertz CT molecular complexity index is 891. The van der Waals surface area contributed by atoms with Gasteiger partial charge in [0, 0.05) is 4.90 Å². The van der Waals surface area contributed by atoms with E-state index in [1.54, 1.807) is 18.2 Å². The molecule has 0 bridgehead atoms. The summed E-state index contributed by atoms with van der Waals surface area (Å²) in [6, 6.07) is 7.46. The summed E-state index contributed by atoms with van der Waals surface area (Å²) in [5.74, 6) is -0.584. The van der Waals surface area contributed by atoms with E-state index in [1.165, 1.54) is 11.3 Å². The summed E-state index contributed by atoms with van der Waals surface area (Å²) in [6.45, 7) is 3.40. The molecule has 1 unspecified atom stereocenters. The number of aliphatic imine (C=N–C) groups is 1. The smallest absolute Gasteiger partial charge is 0.244 e. The van der Waals surface area contributed by atoms with Crippen LogP contribution in [0, 0.1) is 5.82 Å². The number of nitrogens with zero attached hydrogens (tertiary/aromatic N) is 2. The summed E-state index contributed by atoms with van der Waals surface area (Å²) in [7, 11) is 0. The number of benzene rings is 2. The van der Waals surface area contributed by atoms with Crippen LogP contribution in [0.3, 0.4) is 0 Å². The number of rotatable bonds is 5. The van der Waals surface area contributed by atoms with Gasteiger partial charge in [-0.1, -0.05) is 23.5 Å². The predicted molar refractivity (Wildman–Crippen MR) is 93.0 cm³/mol. The van der Waals surface area contributed by atoms with E-state index in [-0.39, 0.29) is 5.56 Å². The average Bonchev–Trinajstić information content (AvgIpc) is 2.98. The highest BCUT2D eigenvalue weighted by atomic mass is 32.2. The Labute approximate surface area is 148 Å². The quantitative estimate of drug-likeness (QED) is 0.349. The van der Waals surface area contributed by atoms with E-state index >= 15 is 0 Å². The maximum Gasteiger partial charge on any atom is 0.408 e. The SMILES string of the molecule is C=Nc1nc2ccc(SNC(c3ccc(F)cc3)C(F)(F)F)cc2s1. The molecule has 0 saturated heterocycles. The fraction of sp³-hybridized carbons (Fsp3) is 0.125. The van der Waals surface area contributed by atoms with Gasteiger partial charge in [0.05, 0.1) is 10.2 Å². The van der Waals surface area contributed by atoms with Crippen LogP contribution in [0.4, 0.5) is 22.7 Å². The third-order valence-electron chi connectivity index (χ3n) is 3.31. The van der Waals surface area contributed by atoms with Gasteiger partial charge in [0.15, 0.2) is 0 Å². The highest BCUT2D eigenvalue weighted by Crippen LogP contribution is 2.36. The second-order valence-corrected chi connectivity index (χ2v) is 6.95. The number of halogens is 4. The molecule has 0 amide bonds. The third kappa shape index (κ3) is 4.17. The molecule has 0 aliphatic carbocycles. The number of aromatic nitrogens is 1. The van der Waals surface area contributed by atoms with Crippen molar-refractivity contribution in [1.29, 1.82) is 0 Å². The number of alkyl halides is 3. The van der Waals surface area contributed by atoms with Crippen molar-refractivity contribution >= 4 is 45.4 Å². The Morgan fingerprint density at radius 1 is 1.16 bits per heavy atom. The van der Waals surface area contributed by atoms with Crippen molar-refractivity contribution in [3.05, 3.63) is 53.8 Å². The molecular weight excluding hydrogens is 374 g/mol. The molecule has 1 aromatic heterocycles. The molecule has 0 aliphatic heterocycles. The van der Waals surface area contributed by atoms with Gasteiger partial charge in [-0.25, -0.2) is 19.1 Å². The van der Waals surface area contributed by atoms with Crippen LogP contribution < -0.4 is 4.72 Å². The first-order valence-corrected chi connectivity index (χ1v) is 8.62. The summed E-state index contributed by atoms with van der Waals surface area (Å²) in [5.41, 5.74) is 0.654. The van der Waals surface area contributed by atoms with Crippen molar-refractivity contribution in [2.75, 3.05) is 0 Å². The van der Waals surface area contributed by atoms with Crippen LogP contribution in [0.15, 0.2) is 52.4 Å². The van der Waals surface area contributed by atoms with Gasteiger partial charge in [-0.2, -0.15) is 13.2 Å². The molecule has 9 heteroatoms. The molecule has 25 heavy (non-hydrogen) atoms. The van der Waals surface area contributed by atoms with Crippen molar-refractivity contribution in [2.45, 2.75) is 17.1 Å². The van der Waals surface area contributed by atoms with Crippen LogP contribution in [0.5, 0.6) is 0 Å². The van der Waals surface area contributed by atoms with Gasteiger partial charge < -0.3 is 0 Å². The van der Waals surface area contributed by atoms with Gasteiger partial charge in [0.25, 0.3) is 0 Å². The fourth-order valence-corrected chi connectivity index (χ4v) is 3.85. The number of hydrogen-bond donors (Lipinski definition) is 1. The number of hydrogen-bond acceptors (Lipinski definition) is 5. The lowest BCUT2D eigenvalue weighted by Gasteiger charge is -2.21. The predicted octanol–water partition coefficient (Wildman–Crippen LogP) is 5.67. The van der Waals surface area contributed by atoms with E-state index in [2.05, 4.69) is 21.4 Å². The van der Waals surface area contributed by atoms with E-state index < -0.39 is 18.0 Å². The summed E-state index contributed by atoms with van der Waals surface area (Å²) < 4.78 is 56.1. The summed E-state index contributed by atoms with van der Waals surface area (Å²) in [5, 5.41) is 0.504. The molecule has 3 rings (SSSR count). The van der Waals surface area contributed by atoms with Crippen LogP contribution in [-0.4, -0.2) is 17.9 Å². The van der Waals surface area contributed by atoms with Crippen LogP contribution in [-0.2, 0) is 0 Å². The molecule has 1 heterocycles. The molecule has 1 N–H and O–H groups in total. The van der Waals surface area contributed by atoms with Gasteiger partial charge in [0.1, 0.15) is 11.9 Å². The average molecular weight is 385 g/mol. The van der Waals surface area contributed by atoms with E-state index in [4.69, 9.17) is 0 Å². The maximum atomic E-state index is 13.3. The summed E-state index contributed by atoms with van der Waals surface area (Å²) in [6.07, 6.45) is -4.51. The van der Waals surface area contributed by atoms with Crippen molar-refractivity contribution in [1.82, 2.24) is 9.71 Å². The van der Waals surface area contributed by atoms with Gasteiger partial charge in [-0.3, -0.25) is 0 Å². The summed E-state index contributed by atoms with van der Waals surface area (Å²) >= 11 is 2.16. The molecule has 2 aromatic carbocycles. The number of thiazole rings is 1. The second-order valence-electron chi connectivity index (χ2n) is 5.03. The first kappa shape index (κ1) is 17.8. The molecule has 0 saturated carbocycles.